The van der Waals surface area contributed by atoms with Gasteiger partial charge in [-0.05, 0) is 31.0 Å². The summed E-state index contributed by atoms with van der Waals surface area (Å²) >= 11 is 0. The number of nitrogens with one attached hydrogen (secondary N) is 2. The number of ether oxygens (including phenoxy) is 1. The van der Waals surface area contributed by atoms with Gasteiger partial charge in [0, 0.05) is 24.7 Å². The zero-order valence-electron chi connectivity index (χ0n) is 11.8. The third-order valence-corrected chi connectivity index (χ3v) is 4.55. The molecule has 21 heavy (non-hydrogen) atoms. The second-order valence-corrected chi connectivity index (χ2v) is 6.64. The molecule has 1 saturated carbocycles. The molecule has 8 heteroatoms. The monoisotopic (exact) mass is 313 g/mol. The fourth-order valence-electron chi connectivity index (χ4n) is 1.81. The molecule has 0 saturated heterocycles. The molecule has 7 nitrogen and oxygen atoms in total. The number of carbonyl (C=O) groups is 1. The van der Waals surface area contributed by atoms with E-state index in [0.29, 0.717) is 5.69 Å². The normalized spacial score (nSPS) is 14.7. The number of amides is 1. The Kier molecular flexibility index (Phi) is 4.69. The van der Waals surface area contributed by atoms with Crippen LogP contribution < -0.4 is 20.5 Å². The van der Waals surface area contributed by atoms with Gasteiger partial charge in [-0.1, -0.05) is 0 Å². The summed E-state index contributed by atoms with van der Waals surface area (Å²) in [6.07, 6.45) is 2.09. The van der Waals surface area contributed by atoms with Gasteiger partial charge < -0.3 is 15.8 Å². The molecular weight excluding hydrogens is 294 g/mol. The summed E-state index contributed by atoms with van der Waals surface area (Å²) in [5.41, 5.74) is 5.93. The lowest BCUT2D eigenvalue weighted by Crippen LogP contribution is -2.31. The topological polar surface area (TPSA) is 111 Å². The molecule has 0 radical (unpaired) electrons. The van der Waals surface area contributed by atoms with E-state index in [1.165, 1.54) is 19.2 Å². The Balaban J connectivity index is 1.97. The molecule has 0 heterocycles. The Morgan fingerprint density at radius 2 is 2.14 bits per heavy atom. The van der Waals surface area contributed by atoms with Gasteiger partial charge in [0.25, 0.3) is 0 Å². The summed E-state index contributed by atoms with van der Waals surface area (Å²) in [4.78, 5) is 11.5. The number of benzene rings is 1. The van der Waals surface area contributed by atoms with Crippen LogP contribution in [0.5, 0.6) is 5.75 Å². The Morgan fingerprint density at radius 1 is 1.43 bits per heavy atom. The average Bonchev–Trinajstić information content (AvgIpc) is 3.22. The average molecular weight is 313 g/mol. The first-order valence-corrected chi connectivity index (χ1v) is 8.13. The maximum Gasteiger partial charge on any atom is 0.244 e. The first kappa shape index (κ1) is 15.6. The van der Waals surface area contributed by atoms with Gasteiger partial charge in [0.15, 0.2) is 0 Å². The number of nitrogens with two attached hydrogens (primary N) is 1. The number of hydrogen-bond acceptors (Lipinski definition) is 5. The number of sulfonamides is 1. The SMILES string of the molecule is COc1ccc(N)cc1S(=O)(=O)NCCC(=O)NC1CC1. The fraction of sp³-hybridized carbons (Fsp3) is 0.462. The van der Waals surface area contributed by atoms with Gasteiger partial charge in [0.05, 0.1) is 7.11 Å². The molecule has 0 aliphatic heterocycles. The van der Waals surface area contributed by atoms with Crippen LogP contribution in [0.25, 0.3) is 0 Å². The van der Waals surface area contributed by atoms with Gasteiger partial charge in [0.1, 0.15) is 10.6 Å². The largest absolute Gasteiger partial charge is 0.495 e. The summed E-state index contributed by atoms with van der Waals surface area (Å²) in [6, 6.07) is 4.64. The summed E-state index contributed by atoms with van der Waals surface area (Å²) in [7, 11) is -2.39. The highest BCUT2D eigenvalue weighted by molar-refractivity contribution is 7.89. The van der Waals surface area contributed by atoms with Crippen molar-refractivity contribution in [2.75, 3.05) is 19.4 Å². The number of hydrogen-bond donors (Lipinski definition) is 3. The van der Waals surface area contributed by atoms with E-state index >= 15 is 0 Å². The zero-order valence-corrected chi connectivity index (χ0v) is 12.6. The molecule has 116 valence electrons. The highest BCUT2D eigenvalue weighted by Crippen LogP contribution is 2.25. The van der Waals surface area contributed by atoms with Crippen molar-refractivity contribution in [3.63, 3.8) is 0 Å². The van der Waals surface area contributed by atoms with Crippen molar-refractivity contribution >= 4 is 21.6 Å². The molecule has 1 aliphatic carbocycles. The molecule has 1 aromatic carbocycles. The fourth-order valence-corrected chi connectivity index (χ4v) is 3.04. The van der Waals surface area contributed by atoms with Crippen molar-refractivity contribution in [2.24, 2.45) is 0 Å². The van der Waals surface area contributed by atoms with E-state index in [1.54, 1.807) is 6.07 Å². The molecule has 4 N–H and O–H groups in total. The van der Waals surface area contributed by atoms with Crippen LogP contribution in [0.2, 0.25) is 0 Å². The van der Waals surface area contributed by atoms with Gasteiger partial charge in [-0.25, -0.2) is 13.1 Å². The molecule has 1 amide bonds. The molecule has 2 rings (SSSR count). The minimum Gasteiger partial charge on any atom is -0.495 e. The van der Waals surface area contributed by atoms with E-state index in [2.05, 4.69) is 10.0 Å². The van der Waals surface area contributed by atoms with Crippen molar-refractivity contribution in [3.05, 3.63) is 18.2 Å². The number of nitrogen functional groups attached to an aromatic ring is 1. The molecule has 0 bridgehead atoms. The van der Waals surface area contributed by atoms with E-state index < -0.39 is 10.0 Å². The predicted molar refractivity (Wildman–Crippen MR) is 78.4 cm³/mol. The van der Waals surface area contributed by atoms with E-state index in [0.717, 1.165) is 12.8 Å². The van der Waals surface area contributed by atoms with Crippen LogP contribution in [-0.4, -0.2) is 34.0 Å². The first-order chi connectivity index (χ1) is 9.92. The lowest BCUT2D eigenvalue weighted by molar-refractivity contribution is -0.121. The van der Waals surface area contributed by atoms with Crippen LogP contribution in [0.15, 0.2) is 23.1 Å². The Labute approximate surface area is 123 Å². The molecule has 1 aliphatic rings. The Hall–Kier alpha value is -1.80. The standard InChI is InChI=1S/C13H19N3O4S/c1-20-11-5-2-9(14)8-12(11)21(18,19)15-7-6-13(17)16-10-3-4-10/h2,5,8,10,15H,3-4,6-7,14H2,1H3,(H,16,17). The van der Waals surface area contributed by atoms with Crippen molar-refractivity contribution in [3.8, 4) is 5.75 Å². The van der Waals surface area contributed by atoms with Crippen LogP contribution >= 0.6 is 0 Å². The summed E-state index contributed by atoms with van der Waals surface area (Å²) in [5, 5.41) is 2.79. The predicted octanol–water partition coefficient (Wildman–Crippen LogP) is 0.224. The van der Waals surface area contributed by atoms with Gasteiger partial charge in [-0.15, -0.1) is 0 Å². The molecule has 0 aromatic heterocycles. The number of rotatable bonds is 7. The zero-order chi connectivity index (χ0) is 15.5. The highest BCUT2D eigenvalue weighted by atomic mass is 32.2. The quantitative estimate of drug-likeness (QED) is 0.624. The molecule has 0 atom stereocenters. The molecule has 1 aromatic rings. The van der Waals surface area contributed by atoms with Crippen LogP contribution in [0, 0.1) is 0 Å². The maximum atomic E-state index is 12.2. The minimum atomic E-state index is -3.77. The van der Waals surface area contributed by atoms with Crippen molar-refractivity contribution in [1.29, 1.82) is 0 Å². The summed E-state index contributed by atoms with van der Waals surface area (Å²) in [6.45, 7) is 0.0266. The Morgan fingerprint density at radius 3 is 2.76 bits per heavy atom. The molecular formula is C13H19N3O4S. The molecule has 0 spiro atoms. The van der Waals surface area contributed by atoms with Crippen molar-refractivity contribution in [2.45, 2.75) is 30.2 Å². The van der Waals surface area contributed by atoms with Crippen LogP contribution in [0.3, 0.4) is 0 Å². The first-order valence-electron chi connectivity index (χ1n) is 6.65. The van der Waals surface area contributed by atoms with Crippen molar-refractivity contribution < 1.29 is 17.9 Å². The smallest absolute Gasteiger partial charge is 0.244 e. The molecule has 0 unspecified atom stereocenters. The lowest BCUT2D eigenvalue weighted by atomic mass is 10.3. The van der Waals surface area contributed by atoms with Crippen LogP contribution in [0.1, 0.15) is 19.3 Å². The number of methoxy groups -OCH3 is 1. The van der Waals surface area contributed by atoms with Gasteiger partial charge in [-0.3, -0.25) is 4.79 Å². The van der Waals surface area contributed by atoms with Crippen LogP contribution in [0.4, 0.5) is 5.69 Å². The van der Waals surface area contributed by atoms with E-state index in [-0.39, 0.29) is 35.6 Å². The molecule has 1 fully saturated rings. The van der Waals surface area contributed by atoms with E-state index in [9.17, 15) is 13.2 Å². The van der Waals surface area contributed by atoms with Crippen LogP contribution in [-0.2, 0) is 14.8 Å². The maximum absolute atomic E-state index is 12.2. The van der Waals surface area contributed by atoms with Crippen molar-refractivity contribution in [1.82, 2.24) is 10.0 Å². The third-order valence-electron chi connectivity index (χ3n) is 3.06. The van der Waals surface area contributed by atoms with Gasteiger partial charge >= 0.3 is 0 Å². The third kappa shape index (κ3) is 4.33. The second-order valence-electron chi connectivity index (χ2n) is 4.90. The second kappa shape index (κ2) is 6.31. The summed E-state index contributed by atoms with van der Waals surface area (Å²) < 4.78 is 31.8. The summed E-state index contributed by atoms with van der Waals surface area (Å²) in [5.74, 6) is 0.0545. The number of carbonyl (C=O) groups excluding carboxylic acids is 1. The van der Waals surface area contributed by atoms with E-state index in [4.69, 9.17) is 10.5 Å². The van der Waals surface area contributed by atoms with E-state index in [1.807, 2.05) is 0 Å². The van der Waals surface area contributed by atoms with Gasteiger partial charge in [-0.2, -0.15) is 0 Å². The van der Waals surface area contributed by atoms with Gasteiger partial charge in [0.2, 0.25) is 15.9 Å². The number of anilines is 1. The lowest BCUT2D eigenvalue weighted by Gasteiger charge is -2.11. The highest BCUT2D eigenvalue weighted by Gasteiger charge is 2.24. The Bertz CT molecular complexity index is 626. The minimum absolute atomic E-state index is 0.0266.